The minimum Gasteiger partial charge on any atom is -0.366 e. The molecule has 0 saturated carbocycles. The van der Waals surface area contributed by atoms with Crippen molar-refractivity contribution in [3.63, 3.8) is 0 Å². The maximum atomic E-state index is 12.8. The molecule has 25 heavy (non-hydrogen) atoms. The third-order valence-corrected chi connectivity index (χ3v) is 5.47. The number of halogens is 1. The Balaban J connectivity index is 1.83. The Hall–Kier alpha value is -2.63. The molecule has 0 unspecified atom stereocenters. The Labute approximate surface area is 152 Å². The van der Waals surface area contributed by atoms with E-state index in [0.29, 0.717) is 22.5 Å². The van der Waals surface area contributed by atoms with Gasteiger partial charge >= 0.3 is 0 Å². The van der Waals surface area contributed by atoms with Gasteiger partial charge in [0.15, 0.2) is 0 Å². The molecule has 4 aromatic rings. The fourth-order valence-electron chi connectivity index (χ4n) is 2.92. The van der Waals surface area contributed by atoms with Crippen molar-refractivity contribution >= 4 is 49.7 Å². The molecular formula is C19H13ClN2O2S. The largest absolute Gasteiger partial charge is 0.366 e. The average molecular weight is 369 g/mol. The van der Waals surface area contributed by atoms with E-state index in [1.165, 1.54) is 0 Å². The fraction of sp³-hybridized carbons (Fsp3) is 0.0526. The molecule has 2 aromatic heterocycles. The number of thiophene rings is 1. The maximum Gasteiger partial charge on any atom is 0.258 e. The Bertz CT molecular complexity index is 1190. The molecule has 0 fully saturated rings. The van der Waals surface area contributed by atoms with E-state index in [1.54, 1.807) is 40.3 Å². The molecule has 0 spiro atoms. The van der Waals surface area contributed by atoms with Crippen LogP contribution in [0.3, 0.4) is 0 Å². The monoisotopic (exact) mass is 368 g/mol. The summed E-state index contributed by atoms with van der Waals surface area (Å²) in [7, 11) is 0. The number of pyridine rings is 1. The zero-order valence-corrected chi connectivity index (χ0v) is 14.6. The number of benzene rings is 2. The first-order valence-corrected chi connectivity index (χ1v) is 8.87. The number of hydrogen-bond acceptors (Lipinski definition) is 3. The molecule has 0 aliphatic carbocycles. The van der Waals surface area contributed by atoms with Gasteiger partial charge in [-0.05, 0) is 58.1 Å². The molecule has 6 heteroatoms. The van der Waals surface area contributed by atoms with E-state index >= 15 is 0 Å². The minimum atomic E-state index is -0.546. The van der Waals surface area contributed by atoms with Crippen LogP contribution in [0, 0.1) is 0 Å². The number of amides is 1. The van der Waals surface area contributed by atoms with Gasteiger partial charge in [-0.15, -0.1) is 11.3 Å². The maximum absolute atomic E-state index is 12.8. The number of nitrogens with zero attached hydrogens (tertiary/aromatic N) is 1. The summed E-state index contributed by atoms with van der Waals surface area (Å²) >= 11 is 7.72. The Morgan fingerprint density at radius 1 is 1.12 bits per heavy atom. The molecule has 1 amide bonds. The number of hydrogen-bond donors (Lipinski definition) is 1. The molecular weight excluding hydrogens is 356 g/mol. The van der Waals surface area contributed by atoms with Crippen LogP contribution >= 0.6 is 22.9 Å². The Kier molecular flexibility index (Phi) is 3.82. The lowest BCUT2D eigenvalue weighted by atomic mass is 10.1. The van der Waals surface area contributed by atoms with Crippen molar-refractivity contribution in [2.45, 2.75) is 6.54 Å². The topological polar surface area (TPSA) is 65.1 Å². The van der Waals surface area contributed by atoms with Crippen LogP contribution in [0.25, 0.3) is 20.9 Å². The lowest BCUT2D eigenvalue weighted by Crippen LogP contribution is -2.20. The summed E-state index contributed by atoms with van der Waals surface area (Å²) in [6.07, 6.45) is 1.77. The highest BCUT2D eigenvalue weighted by molar-refractivity contribution is 7.17. The van der Waals surface area contributed by atoms with E-state index in [4.69, 9.17) is 17.3 Å². The summed E-state index contributed by atoms with van der Waals surface area (Å²) in [5.41, 5.74) is 6.53. The van der Waals surface area contributed by atoms with Crippen LogP contribution in [0.2, 0.25) is 5.02 Å². The lowest BCUT2D eigenvalue weighted by molar-refractivity contribution is 0.100. The molecule has 2 aromatic carbocycles. The molecule has 0 saturated heterocycles. The summed E-state index contributed by atoms with van der Waals surface area (Å²) in [5.74, 6) is -0.546. The third-order valence-electron chi connectivity index (χ3n) is 4.22. The summed E-state index contributed by atoms with van der Waals surface area (Å²) in [5, 5.41) is 5.03. The van der Waals surface area contributed by atoms with Crippen LogP contribution < -0.4 is 11.3 Å². The van der Waals surface area contributed by atoms with Crippen molar-refractivity contribution in [2.24, 2.45) is 5.73 Å². The van der Waals surface area contributed by atoms with Gasteiger partial charge in [0.2, 0.25) is 5.91 Å². The molecule has 2 N–H and O–H groups in total. The van der Waals surface area contributed by atoms with Gasteiger partial charge in [-0.1, -0.05) is 17.7 Å². The van der Waals surface area contributed by atoms with Crippen molar-refractivity contribution in [2.75, 3.05) is 0 Å². The third kappa shape index (κ3) is 2.81. The lowest BCUT2D eigenvalue weighted by Gasteiger charge is -2.08. The van der Waals surface area contributed by atoms with Crippen molar-refractivity contribution < 1.29 is 4.79 Å². The summed E-state index contributed by atoms with van der Waals surface area (Å²) < 4.78 is 2.76. The van der Waals surface area contributed by atoms with Crippen molar-refractivity contribution in [3.05, 3.63) is 80.5 Å². The zero-order valence-electron chi connectivity index (χ0n) is 13.0. The normalized spacial score (nSPS) is 11.2. The van der Waals surface area contributed by atoms with E-state index in [1.807, 2.05) is 29.6 Å². The second-order valence-corrected chi connectivity index (χ2v) is 7.16. The van der Waals surface area contributed by atoms with Crippen LogP contribution in [0.1, 0.15) is 15.9 Å². The first-order chi connectivity index (χ1) is 12.0. The summed E-state index contributed by atoms with van der Waals surface area (Å²) in [6.45, 7) is 0.440. The smallest absolute Gasteiger partial charge is 0.258 e. The minimum absolute atomic E-state index is 0.151. The van der Waals surface area contributed by atoms with E-state index < -0.39 is 5.91 Å². The molecule has 4 nitrogen and oxygen atoms in total. The number of nitrogens with two attached hydrogens (primary N) is 1. The van der Waals surface area contributed by atoms with Crippen LogP contribution in [0.5, 0.6) is 0 Å². The molecule has 124 valence electrons. The summed E-state index contributed by atoms with van der Waals surface area (Å²) in [4.78, 5) is 24.2. The first kappa shape index (κ1) is 15.9. The van der Waals surface area contributed by atoms with Gasteiger partial charge in [0.25, 0.3) is 5.56 Å². The molecule has 2 heterocycles. The number of primary amides is 1. The quantitative estimate of drug-likeness (QED) is 0.593. The number of carbonyl (C=O) groups excluding carboxylic acids is 1. The number of aromatic nitrogens is 1. The van der Waals surface area contributed by atoms with Gasteiger partial charge < -0.3 is 10.3 Å². The highest BCUT2D eigenvalue weighted by Crippen LogP contribution is 2.29. The number of carbonyl (C=O) groups is 1. The van der Waals surface area contributed by atoms with Gasteiger partial charge in [-0.25, -0.2) is 0 Å². The Morgan fingerprint density at radius 2 is 1.96 bits per heavy atom. The van der Waals surface area contributed by atoms with Gasteiger partial charge in [-0.3, -0.25) is 9.59 Å². The van der Waals surface area contributed by atoms with Gasteiger partial charge in [0.1, 0.15) is 0 Å². The van der Waals surface area contributed by atoms with Crippen LogP contribution in [0.15, 0.2) is 58.8 Å². The first-order valence-electron chi connectivity index (χ1n) is 7.61. The molecule has 0 bridgehead atoms. The standard InChI is InChI=1S/C19H13ClN2O2S/c20-14-3-4-17-15(8-14)13(10-25-17)9-22-6-5-11-1-2-12(18(21)23)7-16(11)19(22)24/h1-8,10H,9H2,(H2,21,23). The van der Waals surface area contributed by atoms with Crippen LogP contribution in [-0.2, 0) is 6.54 Å². The molecule has 0 aliphatic rings. The second-order valence-electron chi connectivity index (χ2n) is 5.82. The Morgan fingerprint density at radius 3 is 2.76 bits per heavy atom. The van der Waals surface area contributed by atoms with E-state index in [2.05, 4.69) is 0 Å². The molecule has 0 radical (unpaired) electrons. The van der Waals surface area contributed by atoms with Crippen molar-refractivity contribution in [1.82, 2.24) is 4.57 Å². The van der Waals surface area contributed by atoms with Crippen LogP contribution in [0.4, 0.5) is 0 Å². The van der Waals surface area contributed by atoms with Gasteiger partial charge in [0, 0.05) is 26.9 Å². The molecule has 0 aliphatic heterocycles. The van der Waals surface area contributed by atoms with E-state index in [0.717, 1.165) is 21.0 Å². The highest BCUT2D eigenvalue weighted by Gasteiger charge is 2.10. The van der Waals surface area contributed by atoms with Crippen molar-refractivity contribution in [1.29, 1.82) is 0 Å². The number of rotatable bonds is 3. The second kappa shape index (κ2) is 6.02. The molecule has 4 rings (SSSR count). The number of fused-ring (bicyclic) bond motifs is 2. The van der Waals surface area contributed by atoms with E-state index in [-0.39, 0.29) is 5.56 Å². The average Bonchev–Trinajstić information content (AvgIpc) is 2.99. The predicted molar refractivity (Wildman–Crippen MR) is 103 cm³/mol. The van der Waals surface area contributed by atoms with Crippen LogP contribution in [-0.4, -0.2) is 10.5 Å². The fourth-order valence-corrected chi connectivity index (χ4v) is 4.02. The molecule has 0 atom stereocenters. The highest BCUT2D eigenvalue weighted by atomic mass is 35.5. The van der Waals surface area contributed by atoms with E-state index in [9.17, 15) is 9.59 Å². The van der Waals surface area contributed by atoms with Crippen molar-refractivity contribution in [3.8, 4) is 0 Å². The van der Waals surface area contributed by atoms with Gasteiger partial charge in [0.05, 0.1) is 6.54 Å². The van der Waals surface area contributed by atoms with Gasteiger partial charge in [-0.2, -0.15) is 0 Å². The SMILES string of the molecule is NC(=O)c1ccc2ccn(Cc3csc4ccc(Cl)cc34)c(=O)c2c1. The predicted octanol–water partition coefficient (Wildman–Crippen LogP) is 4.02. The zero-order chi connectivity index (χ0) is 17.6. The summed E-state index contributed by atoms with van der Waals surface area (Å²) in [6, 6.07) is 12.5.